The van der Waals surface area contributed by atoms with Crippen molar-refractivity contribution in [3.8, 4) is 0 Å². The second-order valence-corrected chi connectivity index (χ2v) is 10.2. The van der Waals surface area contributed by atoms with E-state index >= 15 is 0 Å². The van der Waals surface area contributed by atoms with Crippen molar-refractivity contribution >= 4 is 23.9 Å². The van der Waals surface area contributed by atoms with Gasteiger partial charge in [0.2, 0.25) is 0 Å². The quantitative estimate of drug-likeness (QED) is 0.730. The summed E-state index contributed by atoms with van der Waals surface area (Å²) in [5, 5.41) is 7.30. The predicted octanol–water partition coefficient (Wildman–Crippen LogP) is 4.01. The van der Waals surface area contributed by atoms with Crippen LogP contribution in [0.25, 0.3) is 0 Å². The summed E-state index contributed by atoms with van der Waals surface area (Å²) < 4.78 is 10.8. The van der Waals surface area contributed by atoms with Crippen molar-refractivity contribution in [3.63, 3.8) is 0 Å². The standard InChI is InChI=1S/C19H33N3O4S/c1-12-14(21-16(23)25-18(2,3)4)27-15(20-12)13-8-10-22(11-9-13)17(24)26-19(5,6)7/h13,15,20H,8-11H2,1-7H3,(H,21,23). The van der Waals surface area contributed by atoms with Gasteiger partial charge < -0.3 is 19.7 Å². The van der Waals surface area contributed by atoms with E-state index in [9.17, 15) is 9.59 Å². The zero-order valence-electron chi connectivity index (χ0n) is 17.5. The maximum Gasteiger partial charge on any atom is 0.412 e. The summed E-state index contributed by atoms with van der Waals surface area (Å²) in [5.41, 5.74) is -0.0474. The average molecular weight is 400 g/mol. The first-order chi connectivity index (χ1) is 12.3. The molecule has 0 saturated carbocycles. The average Bonchev–Trinajstić information content (AvgIpc) is 2.84. The van der Waals surface area contributed by atoms with Gasteiger partial charge in [-0.15, -0.1) is 0 Å². The molecule has 7 nitrogen and oxygen atoms in total. The summed E-state index contributed by atoms with van der Waals surface area (Å²) in [7, 11) is 0. The topological polar surface area (TPSA) is 79.9 Å². The Morgan fingerprint density at radius 1 is 1.07 bits per heavy atom. The highest BCUT2D eigenvalue weighted by atomic mass is 32.2. The molecule has 154 valence electrons. The van der Waals surface area contributed by atoms with Gasteiger partial charge in [0.05, 0.1) is 10.4 Å². The normalized spacial score (nSPS) is 21.7. The van der Waals surface area contributed by atoms with E-state index in [0.29, 0.717) is 19.0 Å². The molecule has 2 amide bonds. The number of nitrogens with zero attached hydrogens (tertiary/aromatic N) is 1. The second kappa shape index (κ2) is 8.20. The van der Waals surface area contributed by atoms with Gasteiger partial charge in [-0.05, 0) is 67.2 Å². The number of hydrogen-bond donors (Lipinski definition) is 2. The highest BCUT2D eigenvalue weighted by Gasteiger charge is 2.35. The van der Waals surface area contributed by atoms with E-state index in [4.69, 9.17) is 9.47 Å². The molecule has 0 aromatic rings. The lowest BCUT2D eigenvalue weighted by atomic mass is 9.96. The first kappa shape index (κ1) is 21.7. The summed E-state index contributed by atoms with van der Waals surface area (Å²) in [4.78, 5) is 26.0. The molecule has 0 bridgehead atoms. The Balaban J connectivity index is 1.82. The van der Waals surface area contributed by atoms with Gasteiger partial charge in [0.15, 0.2) is 0 Å². The minimum absolute atomic E-state index is 0.190. The maximum absolute atomic E-state index is 12.2. The lowest BCUT2D eigenvalue weighted by Crippen LogP contribution is -2.44. The SMILES string of the molecule is CC1=C(NC(=O)OC(C)(C)C)SC(C2CCN(C(=O)OC(C)(C)C)CC2)N1. The van der Waals surface area contributed by atoms with Crippen LogP contribution in [0.4, 0.5) is 9.59 Å². The number of allylic oxidation sites excluding steroid dienone is 1. The van der Waals surface area contributed by atoms with Gasteiger partial charge in [-0.2, -0.15) is 0 Å². The Kier molecular flexibility index (Phi) is 6.60. The van der Waals surface area contributed by atoms with E-state index in [-0.39, 0.29) is 11.5 Å². The number of carbonyl (C=O) groups excluding carboxylic acids is 2. The van der Waals surface area contributed by atoms with E-state index in [1.807, 2.05) is 48.5 Å². The molecule has 1 saturated heterocycles. The molecule has 0 aliphatic carbocycles. The zero-order chi connectivity index (χ0) is 20.4. The summed E-state index contributed by atoms with van der Waals surface area (Å²) in [5.74, 6) is 0.418. The fourth-order valence-electron chi connectivity index (χ4n) is 2.97. The van der Waals surface area contributed by atoms with E-state index < -0.39 is 17.3 Å². The fraction of sp³-hybridized carbons (Fsp3) is 0.789. The molecule has 0 radical (unpaired) electrons. The number of ether oxygens (including phenoxy) is 2. The third kappa shape index (κ3) is 6.83. The van der Waals surface area contributed by atoms with Crippen LogP contribution in [-0.2, 0) is 9.47 Å². The van der Waals surface area contributed by atoms with Crippen molar-refractivity contribution in [2.45, 2.75) is 77.9 Å². The molecular formula is C19H33N3O4S. The molecule has 2 aliphatic rings. The first-order valence-electron chi connectivity index (χ1n) is 9.46. The monoisotopic (exact) mass is 399 g/mol. The number of rotatable bonds is 2. The number of hydrogen-bond acceptors (Lipinski definition) is 6. The molecule has 0 aromatic carbocycles. The Morgan fingerprint density at radius 3 is 2.15 bits per heavy atom. The van der Waals surface area contributed by atoms with E-state index in [1.54, 1.807) is 16.7 Å². The Morgan fingerprint density at radius 2 is 1.63 bits per heavy atom. The van der Waals surface area contributed by atoms with Crippen LogP contribution in [0.5, 0.6) is 0 Å². The highest BCUT2D eigenvalue weighted by Crippen LogP contribution is 2.36. The summed E-state index contributed by atoms with van der Waals surface area (Å²) in [6.07, 6.45) is 1.12. The van der Waals surface area contributed by atoms with Gasteiger partial charge in [-0.3, -0.25) is 5.32 Å². The molecule has 2 aliphatic heterocycles. The smallest absolute Gasteiger partial charge is 0.412 e. The third-order valence-electron chi connectivity index (χ3n) is 4.18. The molecule has 2 heterocycles. The molecule has 1 fully saturated rings. The number of piperidine rings is 1. The van der Waals surface area contributed by atoms with Crippen molar-refractivity contribution in [3.05, 3.63) is 10.7 Å². The van der Waals surface area contributed by atoms with Gasteiger partial charge in [0.25, 0.3) is 0 Å². The summed E-state index contributed by atoms with van der Waals surface area (Å²) in [6, 6.07) is 0. The van der Waals surface area contributed by atoms with E-state index in [0.717, 1.165) is 23.6 Å². The van der Waals surface area contributed by atoms with Crippen LogP contribution in [0.1, 0.15) is 61.3 Å². The minimum atomic E-state index is -0.525. The van der Waals surface area contributed by atoms with Crippen molar-refractivity contribution in [2.24, 2.45) is 5.92 Å². The van der Waals surface area contributed by atoms with Crippen LogP contribution in [-0.4, -0.2) is 46.8 Å². The van der Waals surface area contributed by atoms with Gasteiger partial charge >= 0.3 is 12.2 Å². The minimum Gasteiger partial charge on any atom is -0.444 e. The van der Waals surface area contributed by atoms with Crippen molar-refractivity contribution in [1.82, 2.24) is 15.5 Å². The number of alkyl carbamates (subject to hydrolysis) is 1. The lowest BCUT2D eigenvalue weighted by Gasteiger charge is -2.35. The van der Waals surface area contributed by atoms with Crippen LogP contribution in [0.15, 0.2) is 10.7 Å². The largest absolute Gasteiger partial charge is 0.444 e. The number of carbonyl (C=O) groups is 2. The van der Waals surface area contributed by atoms with Crippen molar-refractivity contribution in [2.75, 3.05) is 13.1 Å². The van der Waals surface area contributed by atoms with Gasteiger partial charge in [-0.1, -0.05) is 11.8 Å². The molecule has 8 heteroatoms. The second-order valence-electron chi connectivity index (χ2n) is 9.07. The summed E-state index contributed by atoms with van der Waals surface area (Å²) in [6.45, 7) is 14.5. The Bertz CT molecular complexity index is 599. The number of thioether (sulfide) groups is 1. The maximum atomic E-state index is 12.2. The number of amides is 2. The van der Waals surface area contributed by atoms with Crippen LogP contribution in [0.2, 0.25) is 0 Å². The number of likely N-dealkylation sites (tertiary alicyclic amines) is 1. The molecule has 27 heavy (non-hydrogen) atoms. The highest BCUT2D eigenvalue weighted by molar-refractivity contribution is 8.03. The molecule has 1 atom stereocenters. The molecule has 1 unspecified atom stereocenters. The summed E-state index contributed by atoms with van der Waals surface area (Å²) >= 11 is 1.62. The molecule has 2 rings (SSSR count). The van der Waals surface area contributed by atoms with Crippen LogP contribution in [0.3, 0.4) is 0 Å². The van der Waals surface area contributed by atoms with Gasteiger partial charge in [-0.25, -0.2) is 9.59 Å². The van der Waals surface area contributed by atoms with Gasteiger partial charge in [0.1, 0.15) is 11.2 Å². The predicted molar refractivity (Wildman–Crippen MR) is 107 cm³/mol. The Hall–Kier alpha value is -1.57. The number of nitrogens with one attached hydrogen (secondary N) is 2. The van der Waals surface area contributed by atoms with Crippen LogP contribution >= 0.6 is 11.8 Å². The van der Waals surface area contributed by atoms with Crippen LogP contribution < -0.4 is 10.6 Å². The van der Waals surface area contributed by atoms with E-state index in [1.165, 1.54) is 0 Å². The first-order valence-corrected chi connectivity index (χ1v) is 10.3. The molecular weight excluding hydrogens is 366 g/mol. The lowest BCUT2D eigenvalue weighted by molar-refractivity contribution is 0.0181. The van der Waals surface area contributed by atoms with Crippen molar-refractivity contribution in [1.29, 1.82) is 0 Å². The third-order valence-corrected chi connectivity index (χ3v) is 5.58. The van der Waals surface area contributed by atoms with Crippen LogP contribution in [0, 0.1) is 5.92 Å². The molecule has 0 spiro atoms. The zero-order valence-corrected chi connectivity index (χ0v) is 18.3. The van der Waals surface area contributed by atoms with Gasteiger partial charge in [0, 0.05) is 18.8 Å². The van der Waals surface area contributed by atoms with E-state index in [2.05, 4.69) is 10.6 Å². The Labute approximate surface area is 166 Å². The fourth-order valence-corrected chi connectivity index (χ4v) is 4.30. The molecule has 2 N–H and O–H groups in total. The molecule has 0 aromatic heterocycles. The van der Waals surface area contributed by atoms with Crippen molar-refractivity contribution < 1.29 is 19.1 Å².